The molecular weight excluding hydrogens is 292 g/mol. The summed E-state index contributed by atoms with van der Waals surface area (Å²) in [6.07, 6.45) is 0.966. The van der Waals surface area contributed by atoms with E-state index in [1.807, 2.05) is 31.2 Å². The Morgan fingerprint density at radius 2 is 1.83 bits per heavy atom. The highest BCUT2D eigenvalue weighted by Crippen LogP contribution is 2.19. The second-order valence-corrected chi connectivity index (χ2v) is 5.45. The summed E-state index contributed by atoms with van der Waals surface area (Å²) in [6.45, 7) is 3.99. The molecule has 0 aliphatic rings. The molecule has 0 saturated carbocycles. The molecule has 1 N–H and O–H groups in total. The molecule has 0 saturated heterocycles. The van der Waals surface area contributed by atoms with Crippen LogP contribution in [0.1, 0.15) is 36.6 Å². The number of hydrogen-bond acceptors (Lipinski definition) is 3. The van der Waals surface area contributed by atoms with Gasteiger partial charge in [-0.1, -0.05) is 49.4 Å². The summed E-state index contributed by atoms with van der Waals surface area (Å²) in [6, 6.07) is 14.2. The van der Waals surface area contributed by atoms with E-state index in [1.54, 1.807) is 18.2 Å². The number of hydrogen-bond donors (Lipinski definition) is 1. The molecule has 0 radical (unpaired) electrons. The molecule has 1 amide bonds. The van der Waals surface area contributed by atoms with Crippen LogP contribution in [-0.2, 0) is 17.6 Å². The number of nitro groups is 1. The summed E-state index contributed by atoms with van der Waals surface area (Å²) < 4.78 is 0. The van der Waals surface area contributed by atoms with Crippen LogP contribution in [0.25, 0.3) is 0 Å². The molecule has 0 heterocycles. The molecule has 0 spiro atoms. The van der Waals surface area contributed by atoms with Crippen molar-refractivity contribution in [3.8, 4) is 0 Å². The Balaban J connectivity index is 2.03. The van der Waals surface area contributed by atoms with Gasteiger partial charge in [-0.15, -0.1) is 0 Å². The number of nitro benzene ring substituents is 1. The van der Waals surface area contributed by atoms with Crippen molar-refractivity contribution in [2.45, 2.75) is 32.7 Å². The van der Waals surface area contributed by atoms with Crippen LogP contribution in [-0.4, -0.2) is 10.8 Å². The van der Waals surface area contributed by atoms with Gasteiger partial charge in [-0.05, 0) is 24.5 Å². The molecule has 120 valence electrons. The molecule has 1 atom stereocenters. The maximum atomic E-state index is 12.2. The molecule has 23 heavy (non-hydrogen) atoms. The lowest BCUT2D eigenvalue weighted by molar-refractivity contribution is -0.385. The quantitative estimate of drug-likeness (QED) is 0.654. The average Bonchev–Trinajstić information content (AvgIpc) is 2.55. The van der Waals surface area contributed by atoms with Gasteiger partial charge in [0.15, 0.2) is 0 Å². The topological polar surface area (TPSA) is 72.2 Å². The van der Waals surface area contributed by atoms with Crippen molar-refractivity contribution in [1.29, 1.82) is 0 Å². The van der Waals surface area contributed by atoms with Gasteiger partial charge in [0.1, 0.15) is 0 Å². The van der Waals surface area contributed by atoms with E-state index in [-0.39, 0.29) is 24.1 Å². The van der Waals surface area contributed by atoms with Crippen molar-refractivity contribution in [2.24, 2.45) is 0 Å². The summed E-state index contributed by atoms with van der Waals surface area (Å²) >= 11 is 0. The van der Waals surface area contributed by atoms with Gasteiger partial charge in [-0.25, -0.2) is 0 Å². The number of para-hydroxylation sites is 1. The number of aryl methyl sites for hydroxylation is 1. The predicted molar refractivity (Wildman–Crippen MR) is 89.2 cm³/mol. The smallest absolute Gasteiger partial charge is 0.273 e. The third-order valence-corrected chi connectivity index (χ3v) is 3.80. The van der Waals surface area contributed by atoms with Crippen molar-refractivity contribution in [3.05, 3.63) is 75.3 Å². The minimum absolute atomic E-state index is 0.00542. The average molecular weight is 312 g/mol. The number of nitrogens with one attached hydrogen (secondary N) is 1. The molecule has 0 bridgehead atoms. The van der Waals surface area contributed by atoms with Crippen LogP contribution < -0.4 is 5.32 Å². The lowest BCUT2D eigenvalue weighted by atomic mass is 10.0. The predicted octanol–water partition coefficient (Wildman–Crippen LogP) is 3.58. The third-order valence-electron chi connectivity index (χ3n) is 3.80. The van der Waals surface area contributed by atoms with Crippen LogP contribution in [0.4, 0.5) is 5.69 Å². The molecule has 0 fully saturated rings. The van der Waals surface area contributed by atoms with Crippen LogP contribution in [0.2, 0.25) is 0 Å². The summed E-state index contributed by atoms with van der Waals surface area (Å²) in [5, 5.41) is 13.9. The van der Waals surface area contributed by atoms with Gasteiger partial charge < -0.3 is 5.32 Å². The first-order chi connectivity index (χ1) is 11.0. The van der Waals surface area contributed by atoms with Crippen LogP contribution in [0.15, 0.2) is 48.5 Å². The highest BCUT2D eigenvalue weighted by molar-refractivity contribution is 5.80. The van der Waals surface area contributed by atoms with Gasteiger partial charge >= 0.3 is 0 Å². The molecule has 2 aromatic rings. The molecule has 0 aliphatic carbocycles. The lowest BCUT2D eigenvalue weighted by Crippen LogP contribution is -2.28. The number of carbonyl (C=O) groups is 1. The Labute approximate surface area is 135 Å². The van der Waals surface area contributed by atoms with E-state index in [0.717, 1.165) is 12.0 Å². The molecule has 0 unspecified atom stereocenters. The van der Waals surface area contributed by atoms with Gasteiger partial charge in [0.2, 0.25) is 5.91 Å². The third kappa shape index (κ3) is 4.39. The van der Waals surface area contributed by atoms with E-state index in [4.69, 9.17) is 0 Å². The minimum Gasteiger partial charge on any atom is -0.349 e. The first-order valence-electron chi connectivity index (χ1n) is 7.61. The van der Waals surface area contributed by atoms with Crippen molar-refractivity contribution in [2.75, 3.05) is 0 Å². The zero-order valence-corrected chi connectivity index (χ0v) is 13.3. The van der Waals surface area contributed by atoms with Crippen molar-refractivity contribution in [3.63, 3.8) is 0 Å². The van der Waals surface area contributed by atoms with Gasteiger partial charge in [0.25, 0.3) is 5.69 Å². The standard InChI is InChI=1S/C18H20N2O3/c1-3-14-8-10-15(11-9-14)13(2)19-18(21)12-16-6-4-5-7-17(16)20(22)23/h4-11,13H,3,12H2,1-2H3,(H,19,21)/t13-/m0/s1. The number of amides is 1. The largest absolute Gasteiger partial charge is 0.349 e. The highest BCUT2D eigenvalue weighted by atomic mass is 16.6. The zero-order valence-electron chi connectivity index (χ0n) is 13.3. The Morgan fingerprint density at radius 1 is 1.17 bits per heavy atom. The summed E-state index contributed by atoms with van der Waals surface area (Å²) in [7, 11) is 0. The van der Waals surface area contributed by atoms with E-state index in [1.165, 1.54) is 11.6 Å². The SMILES string of the molecule is CCc1ccc([C@H](C)NC(=O)Cc2ccccc2[N+](=O)[O-])cc1. The van der Waals surface area contributed by atoms with Gasteiger partial charge in [0, 0.05) is 11.6 Å². The van der Waals surface area contributed by atoms with Crippen molar-refractivity contribution in [1.82, 2.24) is 5.32 Å². The Hall–Kier alpha value is -2.69. The van der Waals surface area contributed by atoms with Crippen molar-refractivity contribution < 1.29 is 9.72 Å². The van der Waals surface area contributed by atoms with E-state index in [2.05, 4.69) is 12.2 Å². The summed E-state index contributed by atoms with van der Waals surface area (Å²) in [5.41, 5.74) is 2.65. The fourth-order valence-electron chi connectivity index (χ4n) is 2.43. The van der Waals surface area contributed by atoms with Gasteiger partial charge in [-0.2, -0.15) is 0 Å². The number of nitrogens with zero attached hydrogens (tertiary/aromatic N) is 1. The van der Waals surface area contributed by atoms with Gasteiger partial charge in [-0.3, -0.25) is 14.9 Å². The molecule has 2 rings (SSSR count). The van der Waals surface area contributed by atoms with E-state index in [0.29, 0.717) is 5.56 Å². The second-order valence-electron chi connectivity index (χ2n) is 5.45. The van der Waals surface area contributed by atoms with Crippen LogP contribution >= 0.6 is 0 Å². The monoisotopic (exact) mass is 312 g/mol. The first kappa shape index (κ1) is 16.7. The maximum absolute atomic E-state index is 12.2. The summed E-state index contributed by atoms with van der Waals surface area (Å²) in [4.78, 5) is 22.7. The fourth-order valence-corrected chi connectivity index (χ4v) is 2.43. The fraction of sp³-hybridized carbons (Fsp3) is 0.278. The molecular formula is C18H20N2O3. The van der Waals surface area contributed by atoms with E-state index >= 15 is 0 Å². The molecule has 5 nitrogen and oxygen atoms in total. The van der Waals surface area contributed by atoms with Crippen LogP contribution in [0.3, 0.4) is 0 Å². The Morgan fingerprint density at radius 3 is 2.43 bits per heavy atom. The maximum Gasteiger partial charge on any atom is 0.273 e. The molecule has 0 aromatic heterocycles. The minimum atomic E-state index is -0.463. The van der Waals surface area contributed by atoms with E-state index in [9.17, 15) is 14.9 Å². The van der Waals surface area contributed by atoms with Crippen LogP contribution in [0.5, 0.6) is 0 Å². The molecule has 5 heteroatoms. The normalized spacial score (nSPS) is 11.7. The molecule has 0 aliphatic heterocycles. The van der Waals surface area contributed by atoms with Crippen LogP contribution in [0, 0.1) is 10.1 Å². The molecule has 2 aromatic carbocycles. The number of rotatable bonds is 6. The van der Waals surface area contributed by atoms with Gasteiger partial charge in [0.05, 0.1) is 17.4 Å². The Kier molecular flexibility index (Phi) is 5.46. The number of carbonyl (C=O) groups excluding carboxylic acids is 1. The number of benzene rings is 2. The van der Waals surface area contributed by atoms with Crippen molar-refractivity contribution >= 4 is 11.6 Å². The lowest BCUT2D eigenvalue weighted by Gasteiger charge is -2.15. The summed E-state index contributed by atoms with van der Waals surface area (Å²) in [5.74, 6) is -0.230. The first-order valence-corrected chi connectivity index (χ1v) is 7.61. The zero-order chi connectivity index (χ0) is 16.8. The second kappa shape index (κ2) is 7.54. The van der Waals surface area contributed by atoms with E-state index < -0.39 is 4.92 Å². The highest BCUT2D eigenvalue weighted by Gasteiger charge is 2.17. The Bertz CT molecular complexity index is 696.